The Hall–Kier alpha value is -1.17. The van der Waals surface area contributed by atoms with Crippen molar-refractivity contribution in [1.29, 1.82) is 0 Å². The molecule has 2 heteroatoms. The van der Waals surface area contributed by atoms with Gasteiger partial charge in [0.25, 0.3) is 0 Å². The summed E-state index contributed by atoms with van der Waals surface area (Å²) in [4.78, 5) is 0. The van der Waals surface area contributed by atoms with Crippen LogP contribution in [0.1, 0.15) is 25.8 Å². The average Bonchev–Trinajstić information content (AvgIpc) is 2.49. The lowest BCUT2D eigenvalue weighted by Crippen LogP contribution is -1.97. The van der Waals surface area contributed by atoms with Gasteiger partial charge in [-0.1, -0.05) is 68.4 Å². The van der Waals surface area contributed by atoms with Crippen LogP contribution in [-0.2, 0) is 6.42 Å². The molecule has 0 radical (unpaired) electrons. The highest BCUT2D eigenvalue weighted by Crippen LogP contribution is 2.20. The molecule has 2 aromatic carbocycles. The molecule has 0 bridgehead atoms. The Balaban J connectivity index is 0.000000861. The Morgan fingerprint density at radius 1 is 0.895 bits per heavy atom. The van der Waals surface area contributed by atoms with Crippen LogP contribution < -0.4 is 0 Å². The molecule has 19 heavy (non-hydrogen) atoms. The second-order valence-corrected chi connectivity index (χ2v) is 4.94. The van der Waals surface area contributed by atoms with E-state index in [-0.39, 0.29) is 5.85 Å². The largest absolute Gasteiger partial charge is 0.389 e. The van der Waals surface area contributed by atoms with E-state index < -0.39 is 0 Å². The van der Waals surface area contributed by atoms with Crippen molar-refractivity contribution in [1.82, 2.24) is 0 Å². The number of aryl methyl sites for hydroxylation is 1. The van der Waals surface area contributed by atoms with Gasteiger partial charge in [0, 0.05) is 0 Å². The van der Waals surface area contributed by atoms with Crippen molar-refractivity contribution in [3.05, 3.63) is 60.2 Å². The first kappa shape index (κ1) is 15.9. The van der Waals surface area contributed by atoms with Crippen molar-refractivity contribution in [2.75, 3.05) is 0 Å². The van der Waals surface area contributed by atoms with Crippen LogP contribution in [0.2, 0.25) is 0 Å². The van der Waals surface area contributed by atoms with Gasteiger partial charge in [-0.15, -0.1) is 9.24 Å². The molecule has 1 nitrogen and oxygen atoms in total. The van der Waals surface area contributed by atoms with Crippen molar-refractivity contribution in [3.8, 4) is 11.1 Å². The summed E-state index contributed by atoms with van der Waals surface area (Å²) < 4.78 is 0. The number of aliphatic hydroxyl groups is 1. The molecule has 2 rings (SSSR count). The van der Waals surface area contributed by atoms with Crippen molar-refractivity contribution in [2.24, 2.45) is 0 Å². The SMILES string of the molecule is CC.OC(P)CCc1ccc(-c2ccccc2)cc1. The third kappa shape index (κ3) is 5.55. The maximum absolute atomic E-state index is 9.21. The van der Waals surface area contributed by atoms with Crippen LogP contribution in [0.25, 0.3) is 11.1 Å². The number of benzene rings is 2. The van der Waals surface area contributed by atoms with E-state index in [1.165, 1.54) is 16.7 Å². The van der Waals surface area contributed by atoms with E-state index in [1.807, 2.05) is 32.0 Å². The molecule has 2 unspecified atom stereocenters. The maximum Gasteiger partial charge on any atom is 0.0677 e. The summed E-state index contributed by atoms with van der Waals surface area (Å²) in [5, 5.41) is 9.21. The molecule has 0 aliphatic carbocycles. The van der Waals surface area contributed by atoms with Gasteiger partial charge in [0.05, 0.1) is 5.85 Å². The molecule has 2 atom stereocenters. The molecule has 2 aromatic rings. The quantitative estimate of drug-likeness (QED) is 0.813. The first-order chi connectivity index (χ1) is 9.25. The van der Waals surface area contributed by atoms with E-state index >= 15 is 0 Å². The van der Waals surface area contributed by atoms with Gasteiger partial charge in [-0.2, -0.15) is 0 Å². The van der Waals surface area contributed by atoms with Gasteiger partial charge < -0.3 is 5.11 Å². The van der Waals surface area contributed by atoms with Gasteiger partial charge in [-0.05, 0) is 29.5 Å². The van der Waals surface area contributed by atoms with Gasteiger partial charge in [0.2, 0.25) is 0 Å². The third-order valence-electron chi connectivity index (χ3n) is 2.79. The highest BCUT2D eigenvalue weighted by molar-refractivity contribution is 7.17. The zero-order valence-electron chi connectivity index (χ0n) is 11.7. The topological polar surface area (TPSA) is 20.2 Å². The highest BCUT2D eigenvalue weighted by Gasteiger charge is 1.99. The fourth-order valence-electron chi connectivity index (χ4n) is 1.81. The lowest BCUT2D eigenvalue weighted by Gasteiger charge is -2.06. The van der Waals surface area contributed by atoms with Gasteiger partial charge in [-0.25, -0.2) is 0 Å². The van der Waals surface area contributed by atoms with Gasteiger partial charge in [0.1, 0.15) is 0 Å². The highest BCUT2D eigenvalue weighted by atomic mass is 31.0. The van der Waals surface area contributed by atoms with Crippen LogP contribution in [0.5, 0.6) is 0 Å². The second-order valence-electron chi connectivity index (χ2n) is 4.17. The molecule has 0 saturated heterocycles. The standard InChI is InChI=1S/C15H17OP.C2H6/c16-15(17)11-8-12-6-9-14(10-7-12)13-4-2-1-3-5-13;1-2/h1-7,9-10,15-16H,8,11,17H2;1-2H3. The predicted octanol–water partition coefficient (Wildman–Crippen LogP) is 4.51. The Morgan fingerprint density at radius 2 is 1.42 bits per heavy atom. The Labute approximate surface area is 118 Å². The molecular weight excluding hydrogens is 251 g/mol. The molecule has 0 aliphatic rings. The summed E-state index contributed by atoms with van der Waals surface area (Å²) in [6, 6.07) is 18.9. The van der Waals surface area contributed by atoms with Crippen LogP contribution in [0.4, 0.5) is 0 Å². The summed E-state index contributed by atoms with van der Waals surface area (Å²) in [5.41, 5.74) is 3.75. The Bertz CT molecular complexity index is 448. The second kappa shape index (κ2) is 8.85. The summed E-state index contributed by atoms with van der Waals surface area (Å²) >= 11 is 0. The van der Waals surface area contributed by atoms with Crippen LogP contribution in [0, 0.1) is 0 Å². The number of rotatable bonds is 4. The van der Waals surface area contributed by atoms with E-state index in [9.17, 15) is 5.11 Å². The number of hydrogen-bond acceptors (Lipinski definition) is 1. The minimum Gasteiger partial charge on any atom is -0.389 e. The average molecular weight is 274 g/mol. The fraction of sp³-hybridized carbons (Fsp3) is 0.294. The summed E-state index contributed by atoms with van der Waals surface area (Å²) in [5.74, 6) is -0.302. The lowest BCUT2D eigenvalue weighted by molar-refractivity contribution is 0.252. The molecule has 0 aliphatic heterocycles. The Kier molecular flexibility index (Phi) is 7.40. The van der Waals surface area contributed by atoms with E-state index in [0.29, 0.717) is 0 Å². The van der Waals surface area contributed by atoms with Crippen molar-refractivity contribution < 1.29 is 5.11 Å². The first-order valence-corrected chi connectivity index (χ1v) is 7.50. The number of hydrogen-bond donors (Lipinski definition) is 1. The van der Waals surface area contributed by atoms with Crippen molar-refractivity contribution >= 4 is 9.24 Å². The summed E-state index contributed by atoms with van der Waals surface area (Å²) in [7, 11) is 2.41. The minimum atomic E-state index is -0.302. The molecule has 0 heterocycles. The van der Waals surface area contributed by atoms with Crippen molar-refractivity contribution in [3.63, 3.8) is 0 Å². The normalized spacial score (nSPS) is 11.4. The monoisotopic (exact) mass is 274 g/mol. The zero-order valence-corrected chi connectivity index (χ0v) is 12.9. The van der Waals surface area contributed by atoms with Gasteiger partial charge in [-0.3, -0.25) is 0 Å². The van der Waals surface area contributed by atoms with Gasteiger partial charge >= 0.3 is 0 Å². The molecule has 0 fully saturated rings. The molecule has 0 saturated carbocycles. The smallest absolute Gasteiger partial charge is 0.0677 e. The van der Waals surface area contributed by atoms with E-state index in [0.717, 1.165) is 12.8 Å². The van der Waals surface area contributed by atoms with E-state index in [1.54, 1.807) is 0 Å². The van der Waals surface area contributed by atoms with E-state index in [4.69, 9.17) is 0 Å². The lowest BCUT2D eigenvalue weighted by atomic mass is 10.0. The van der Waals surface area contributed by atoms with Crippen LogP contribution >= 0.6 is 9.24 Å². The van der Waals surface area contributed by atoms with Crippen LogP contribution in [0.15, 0.2) is 54.6 Å². The van der Waals surface area contributed by atoms with Crippen LogP contribution in [0.3, 0.4) is 0 Å². The van der Waals surface area contributed by atoms with Crippen molar-refractivity contribution in [2.45, 2.75) is 32.5 Å². The maximum atomic E-state index is 9.21. The molecule has 0 aromatic heterocycles. The minimum absolute atomic E-state index is 0.302. The van der Waals surface area contributed by atoms with E-state index in [2.05, 4.69) is 45.6 Å². The summed E-state index contributed by atoms with van der Waals surface area (Å²) in [6.07, 6.45) is 1.70. The third-order valence-corrected chi connectivity index (χ3v) is 3.12. The molecule has 1 N–H and O–H groups in total. The number of aliphatic hydroxyl groups excluding tert-OH is 1. The zero-order chi connectivity index (χ0) is 14.1. The summed E-state index contributed by atoms with van der Waals surface area (Å²) in [6.45, 7) is 4.00. The van der Waals surface area contributed by atoms with Crippen LogP contribution in [-0.4, -0.2) is 11.0 Å². The molecular formula is C17H23OP. The Morgan fingerprint density at radius 3 is 1.95 bits per heavy atom. The predicted molar refractivity (Wildman–Crippen MR) is 87.3 cm³/mol. The fourth-order valence-corrected chi connectivity index (χ4v) is 1.98. The molecule has 0 amide bonds. The molecule has 102 valence electrons. The van der Waals surface area contributed by atoms with Gasteiger partial charge in [0.15, 0.2) is 0 Å². The first-order valence-electron chi connectivity index (χ1n) is 6.84. The molecule has 0 spiro atoms.